The van der Waals surface area contributed by atoms with Crippen LogP contribution in [0.5, 0.6) is 11.5 Å². The lowest BCUT2D eigenvalue weighted by Gasteiger charge is -2.21. The second-order valence-corrected chi connectivity index (χ2v) is 5.70. The van der Waals surface area contributed by atoms with E-state index in [2.05, 4.69) is 10.1 Å². The number of likely N-dealkylation sites (tertiary alicyclic amines) is 1. The van der Waals surface area contributed by atoms with Crippen LogP contribution in [0.2, 0.25) is 0 Å². The van der Waals surface area contributed by atoms with Crippen LogP contribution in [0.15, 0.2) is 18.2 Å². The SMILES string of the molecule is COc1cccc(CNCCN2CCCCCC2=O)c1OC(F)F.Cl. The number of amides is 1. The minimum Gasteiger partial charge on any atom is -0.493 e. The largest absolute Gasteiger partial charge is 0.493 e. The second-order valence-electron chi connectivity index (χ2n) is 5.70. The molecule has 25 heavy (non-hydrogen) atoms. The molecule has 1 aliphatic rings. The van der Waals surface area contributed by atoms with Crippen molar-refractivity contribution in [2.45, 2.75) is 38.8 Å². The summed E-state index contributed by atoms with van der Waals surface area (Å²) in [6.45, 7) is -0.541. The number of nitrogens with zero attached hydrogens (tertiary/aromatic N) is 1. The molecule has 1 aromatic rings. The van der Waals surface area contributed by atoms with Crippen LogP contribution in [-0.4, -0.2) is 44.2 Å². The maximum absolute atomic E-state index is 12.6. The third-order valence-electron chi connectivity index (χ3n) is 4.03. The molecule has 0 aromatic heterocycles. The molecule has 1 aliphatic heterocycles. The Balaban J connectivity index is 0.00000312. The van der Waals surface area contributed by atoms with Crippen LogP contribution in [0.4, 0.5) is 8.78 Å². The van der Waals surface area contributed by atoms with Gasteiger partial charge in [-0.3, -0.25) is 4.79 Å². The lowest BCUT2D eigenvalue weighted by Crippen LogP contribution is -2.36. The first-order chi connectivity index (χ1) is 11.6. The van der Waals surface area contributed by atoms with Gasteiger partial charge in [0.05, 0.1) is 7.11 Å². The third-order valence-corrected chi connectivity index (χ3v) is 4.03. The summed E-state index contributed by atoms with van der Waals surface area (Å²) >= 11 is 0. The van der Waals surface area contributed by atoms with Crippen molar-refractivity contribution in [2.24, 2.45) is 0 Å². The summed E-state index contributed by atoms with van der Waals surface area (Å²) < 4.78 is 34.8. The summed E-state index contributed by atoms with van der Waals surface area (Å²) in [5, 5.41) is 3.18. The highest BCUT2D eigenvalue weighted by molar-refractivity contribution is 5.85. The number of alkyl halides is 2. The Hall–Kier alpha value is -1.60. The van der Waals surface area contributed by atoms with E-state index in [1.165, 1.54) is 7.11 Å². The van der Waals surface area contributed by atoms with Crippen LogP contribution in [0.1, 0.15) is 31.2 Å². The van der Waals surface area contributed by atoms with Gasteiger partial charge in [-0.1, -0.05) is 18.6 Å². The first-order valence-electron chi connectivity index (χ1n) is 8.21. The molecule has 1 heterocycles. The first-order valence-corrected chi connectivity index (χ1v) is 8.21. The molecule has 0 saturated carbocycles. The molecule has 2 rings (SSSR count). The number of para-hydroxylation sites is 1. The van der Waals surface area contributed by atoms with Crippen LogP contribution in [0.3, 0.4) is 0 Å². The molecule has 5 nitrogen and oxygen atoms in total. The van der Waals surface area contributed by atoms with E-state index in [1.54, 1.807) is 18.2 Å². The van der Waals surface area contributed by atoms with E-state index in [0.29, 0.717) is 31.6 Å². The average Bonchev–Trinajstić information content (AvgIpc) is 2.76. The normalized spacial score (nSPS) is 14.9. The minimum absolute atomic E-state index is 0. The zero-order valence-corrected chi connectivity index (χ0v) is 15.1. The lowest BCUT2D eigenvalue weighted by atomic mass is 10.2. The minimum atomic E-state index is -2.91. The van der Waals surface area contributed by atoms with Gasteiger partial charge in [0.2, 0.25) is 5.91 Å². The van der Waals surface area contributed by atoms with Crippen molar-refractivity contribution in [1.29, 1.82) is 0 Å². The fourth-order valence-corrected chi connectivity index (χ4v) is 2.80. The average molecular weight is 379 g/mol. The maximum Gasteiger partial charge on any atom is 0.387 e. The monoisotopic (exact) mass is 378 g/mol. The lowest BCUT2D eigenvalue weighted by molar-refractivity contribution is -0.130. The Morgan fingerprint density at radius 2 is 2.08 bits per heavy atom. The van der Waals surface area contributed by atoms with Gasteiger partial charge in [-0.15, -0.1) is 12.4 Å². The number of methoxy groups -OCH3 is 1. The fourth-order valence-electron chi connectivity index (χ4n) is 2.80. The Bertz CT molecular complexity index is 547. The first kappa shape index (κ1) is 21.4. The summed E-state index contributed by atoms with van der Waals surface area (Å²) in [5.41, 5.74) is 0.594. The van der Waals surface area contributed by atoms with Crippen LogP contribution < -0.4 is 14.8 Å². The van der Waals surface area contributed by atoms with Crippen molar-refractivity contribution in [3.05, 3.63) is 23.8 Å². The Labute approximate surface area is 153 Å². The van der Waals surface area contributed by atoms with Crippen molar-refractivity contribution < 1.29 is 23.0 Å². The summed E-state index contributed by atoms with van der Waals surface area (Å²) in [4.78, 5) is 13.8. The third kappa shape index (κ3) is 6.66. The maximum atomic E-state index is 12.6. The van der Waals surface area contributed by atoms with Gasteiger partial charge in [-0.2, -0.15) is 8.78 Å². The van der Waals surface area contributed by atoms with Crippen LogP contribution in [0, 0.1) is 0 Å². The quantitative estimate of drug-likeness (QED) is 0.706. The van der Waals surface area contributed by atoms with Gasteiger partial charge in [0.1, 0.15) is 0 Å². The van der Waals surface area contributed by atoms with Gasteiger partial charge in [-0.05, 0) is 18.9 Å². The predicted molar refractivity (Wildman–Crippen MR) is 93.6 cm³/mol. The molecule has 0 unspecified atom stereocenters. The Kier molecular flexibility index (Phi) is 9.52. The Morgan fingerprint density at radius 3 is 2.80 bits per heavy atom. The highest BCUT2D eigenvalue weighted by Gasteiger charge is 2.17. The van der Waals surface area contributed by atoms with E-state index in [-0.39, 0.29) is 29.8 Å². The van der Waals surface area contributed by atoms with E-state index in [4.69, 9.17) is 4.74 Å². The molecule has 0 spiro atoms. The van der Waals surface area contributed by atoms with Crippen LogP contribution in [0.25, 0.3) is 0 Å². The zero-order chi connectivity index (χ0) is 17.4. The zero-order valence-electron chi connectivity index (χ0n) is 14.3. The van der Waals surface area contributed by atoms with Gasteiger partial charge in [0.15, 0.2) is 11.5 Å². The van der Waals surface area contributed by atoms with Crippen LogP contribution >= 0.6 is 12.4 Å². The fraction of sp³-hybridized carbons (Fsp3) is 0.588. The second kappa shape index (κ2) is 11.1. The number of hydrogen-bond donors (Lipinski definition) is 1. The predicted octanol–water partition coefficient (Wildman–Crippen LogP) is 3.21. The topological polar surface area (TPSA) is 50.8 Å². The van der Waals surface area contributed by atoms with E-state index in [0.717, 1.165) is 25.8 Å². The number of ether oxygens (including phenoxy) is 2. The molecule has 0 aliphatic carbocycles. The van der Waals surface area contributed by atoms with E-state index in [1.807, 2.05) is 4.90 Å². The summed E-state index contributed by atoms with van der Waals surface area (Å²) in [5.74, 6) is 0.517. The number of carbonyl (C=O) groups excluding carboxylic acids is 1. The highest BCUT2D eigenvalue weighted by Crippen LogP contribution is 2.32. The summed E-state index contributed by atoms with van der Waals surface area (Å²) in [6.07, 6.45) is 3.70. The van der Waals surface area contributed by atoms with Crippen molar-refractivity contribution in [3.8, 4) is 11.5 Å². The molecule has 0 bridgehead atoms. The molecule has 8 heteroatoms. The molecule has 1 saturated heterocycles. The number of rotatable bonds is 8. The highest BCUT2D eigenvalue weighted by atomic mass is 35.5. The molecule has 1 amide bonds. The van der Waals surface area contributed by atoms with Gasteiger partial charge in [-0.25, -0.2) is 0 Å². The van der Waals surface area contributed by atoms with Crippen molar-refractivity contribution in [2.75, 3.05) is 26.7 Å². The van der Waals surface area contributed by atoms with Gasteiger partial charge in [0, 0.05) is 38.2 Å². The number of hydrogen-bond acceptors (Lipinski definition) is 4. The van der Waals surface area contributed by atoms with Gasteiger partial charge >= 0.3 is 6.61 Å². The molecule has 1 N–H and O–H groups in total. The van der Waals surface area contributed by atoms with E-state index in [9.17, 15) is 13.6 Å². The van der Waals surface area contributed by atoms with E-state index >= 15 is 0 Å². The number of carbonyl (C=O) groups is 1. The molecule has 142 valence electrons. The molecule has 0 atom stereocenters. The number of nitrogens with one attached hydrogen (secondary N) is 1. The van der Waals surface area contributed by atoms with Crippen molar-refractivity contribution >= 4 is 18.3 Å². The smallest absolute Gasteiger partial charge is 0.387 e. The van der Waals surface area contributed by atoms with Crippen LogP contribution in [-0.2, 0) is 11.3 Å². The standard InChI is InChI=1S/C17H24F2N2O3.ClH/c1-23-14-7-5-6-13(16(14)24-17(18)19)12-20-9-11-21-10-4-2-3-8-15(21)22;/h5-7,17,20H,2-4,8-12H2,1H3;1H. The molecule has 1 fully saturated rings. The van der Waals surface area contributed by atoms with Gasteiger partial charge < -0.3 is 19.7 Å². The molecular formula is C17H25ClF2N2O3. The number of halogens is 3. The summed E-state index contributed by atoms with van der Waals surface area (Å²) in [7, 11) is 1.41. The molecular weight excluding hydrogens is 354 g/mol. The summed E-state index contributed by atoms with van der Waals surface area (Å²) in [6, 6.07) is 5.02. The van der Waals surface area contributed by atoms with Crippen molar-refractivity contribution in [3.63, 3.8) is 0 Å². The molecule has 1 aromatic carbocycles. The Morgan fingerprint density at radius 1 is 1.28 bits per heavy atom. The van der Waals surface area contributed by atoms with E-state index < -0.39 is 6.61 Å². The molecule has 0 radical (unpaired) electrons. The van der Waals surface area contributed by atoms with Crippen molar-refractivity contribution in [1.82, 2.24) is 10.2 Å². The van der Waals surface area contributed by atoms with Gasteiger partial charge in [0.25, 0.3) is 0 Å². The number of benzene rings is 1.